The fourth-order valence-corrected chi connectivity index (χ4v) is 0.467. The van der Waals surface area contributed by atoms with Crippen LogP contribution in [0.3, 0.4) is 0 Å². The van der Waals surface area contributed by atoms with E-state index in [4.69, 9.17) is 65.8 Å². The number of aliphatic hydroxyl groups excluding tert-OH is 3. The van der Waals surface area contributed by atoms with Crippen LogP contribution in [0.4, 0.5) is 0 Å². The summed E-state index contributed by atoms with van der Waals surface area (Å²) in [6, 6.07) is 0. The molecule has 230 valence electrons. The molecule has 39 heavy (non-hydrogen) atoms. The molecule has 0 saturated carbocycles. The van der Waals surface area contributed by atoms with Crippen molar-refractivity contribution >= 4 is 54.0 Å². The van der Waals surface area contributed by atoms with E-state index >= 15 is 0 Å². The highest BCUT2D eigenvalue weighted by atomic mass is 16.4. The first-order valence-electron chi connectivity index (χ1n) is 9.61. The summed E-state index contributed by atoms with van der Waals surface area (Å²) in [4.78, 5) is 84.4. The number of hydrogen-bond donors (Lipinski definition) is 11. The molecule has 0 radical (unpaired) electrons. The van der Waals surface area contributed by atoms with Crippen LogP contribution in [-0.4, -0.2) is 129 Å². The van der Waals surface area contributed by atoms with Crippen molar-refractivity contribution in [3.05, 3.63) is 0 Å². The van der Waals surface area contributed by atoms with E-state index in [-0.39, 0.29) is 25.9 Å². The molecule has 0 aromatic heterocycles. The predicted octanol–water partition coefficient (Wildman–Crippen LogP) is -2.26. The summed E-state index contributed by atoms with van der Waals surface area (Å²) >= 11 is 0. The molecular formula is C19H34O20. The van der Waals surface area contributed by atoms with E-state index in [0.29, 0.717) is 0 Å². The average molecular weight is 582 g/mol. The predicted molar refractivity (Wildman–Crippen MR) is 123 cm³/mol. The van der Waals surface area contributed by atoms with Crippen LogP contribution in [0.1, 0.15) is 47.0 Å². The lowest BCUT2D eigenvalue weighted by Crippen LogP contribution is -2.22. The minimum absolute atomic E-state index is 0.250. The Morgan fingerprint density at radius 2 is 0.897 bits per heavy atom. The highest BCUT2D eigenvalue weighted by Crippen LogP contribution is 1.89. The lowest BCUT2D eigenvalue weighted by Gasteiger charge is -1.97. The van der Waals surface area contributed by atoms with Gasteiger partial charge in [-0.2, -0.15) is 0 Å². The molecule has 0 bridgehead atoms. The molecule has 11 N–H and O–H groups in total. The van der Waals surface area contributed by atoms with Gasteiger partial charge in [-0.3, -0.25) is 28.8 Å². The molecule has 0 heterocycles. The SMILES string of the molecule is CC(=O)C(=O)O.CC(=O)O.CC(O)C(=O)O.CCO.O=C(O)CC(O)C(=O)O.O=C(O)CCC(=O)O.O=CO. The van der Waals surface area contributed by atoms with Gasteiger partial charge in [0.05, 0.1) is 19.3 Å². The number of Topliss-reactive ketones (excluding diaryl/α,β-unsaturated/α-hetero) is 1. The number of aliphatic carboxylic acids is 7. The Morgan fingerprint density at radius 1 is 0.692 bits per heavy atom. The normalized spacial score (nSPS) is 9.31. The molecule has 0 rings (SSSR count). The molecule has 0 fully saturated rings. The van der Waals surface area contributed by atoms with Gasteiger partial charge in [0.15, 0.2) is 6.10 Å². The van der Waals surface area contributed by atoms with Gasteiger partial charge >= 0.3 is 35.8 Å². The second-order valence-corrected chi connectivity index (χ2v) is 5.56. The molecule has 20 heteroatoms. The van der Waals surface area contributed by atoms with Gasteiger partial charge in [-0.05, 0) is 13.8 Å². The Kier molecular flexibility index (Phi) is 49.5. The highest BCUT2D eigenvalue weighted by molar-refractivity contribution is 6.31. The molecule has 0 aromatic carbocycles. The lowest BCUT2D eigenvalue weighted by atomic mass is 10.3. The van der Waals surface area contributed by atoms with E-state index in [9.17, 15) is 33.6 Å². The van der Waals surface area contributed by atoms with Crippen molar-refractivity contribution in [2.45, 2.75) is 59.2 Å². The first kappa shape index (κ1) is 51.0. The van der Waals surface area contributed by atoms with Crippen LogP contribution in [0, 0.1) is 0 Å². The van der Waals surface area contributed by atoms with E-state index in [2.05, 4.69) is 0 Å². The minimum atomic E-state index is -1.79. The molecule has 2 atom stereocenters. The number of carbonyl (C=O) groups excluding carboxylic acids is 1. The second kappa shape index (κ2) is 37.9. The Labute approximate surface area is 220 Å². The summed E-state index contributed by atoms with van der Waals surface area (Å²) in [5.41, 5.74) is 0. The van der Waals surface area contributed by atoms with Crippen LogP contribution in [-0.2, 0) is 43.2 Å². The molecular weight excluding hydrogens is 548 g/mol. The third-order valence-corrected chi connectivity index (χ3v) is 1.86. The summed E-state index contributed by atoms with van der Waals surface area (Å²) < 4.78 is 0. The monoisotopic (exact) mass is 582 g/mol. The topological polar surface area (TPSA) is 376 Å². The number of ketones is 1. The molecule has 0 aromatic rings. The number of carboxylic acid groups (broad SMARTS) is 8. The number of carboxylic acids is 7. The molecule has 2 unspecified atom stereocenters. The molecule has 0 saturated heterocycles. The zero-order valence-corrected chi connectivity index (χ0v) is 21.2. The average Bonchev–Trinajstić information content (AvgIpc) is 2.73. The first-order chi connectivity index (χ1) is 17.5. The van der Waals surface area contributed by atoms with Crippen LogP contribution in [0.5, 0.6) is 0 Å². The van der Waals surface area contributed by atoms with E-state index in [1.807, 2.05) is 0 Å². The number of hydrogen-bond acceptors (Lipinski definition) is 12. The van der Waals surface area contributed by atoms with Gasteiger partial charge in [-0.1, -0.05) is 0 Å². The Hall–Kier alpha value is -4.69. The Morgan fingerprint density at radius 3 is 0.949 bits per heavy atom. The van der Waals surface area contributed by atoms with Crippen LogP contribution >= 0.6 is 0 Å². The standard InChI is InChI=1S/C4H6O5.C4H6O4.C3H6O3.C3H4O3.C2H4O2.C2H6O.CH2O2/c5-2(4(8)9)1-3(6)7;5-3(6)1-2-4(7)8;2*1-2(4)3(5)6;1-2(3)4;1-2-3;2-1-3/h2,5H,1H2,(H,6,7)(H,8,9);1-2H2,(H,5,6)(H,7,8);2,4H,1H3,(H,5,6);1H3,(H,5,6);1H3,(H,3,4);3H,2H2,1H3;1H,(H,2,3). The van der Waals surface area contributed by atoms with Crippen LogP contribution < -0.4 is 0 Å². The minimum Gasteiger partial charge on any atom is -0.483 e. The van der Waals surface area contributed by atoms with Crippen molar-refractivity contribution in [2.75, 3.05) is 6.61 Å². The van der Waals surface area contributed by atoms with Crippen molar-refractivity contribution in [3.63, 3.8) is 0 Å². The molecule has 0 aliphatic carbocycles. The van der Waals surface area contributed by atoms with Crippen LogP contribution in [0.15, 0.2) is 0 Å². The van der Waals surface area contributed by atoms with E-state index in [1.165, 1.54) is 6.92 Å². The van der Waals surface area contributed by atoms with E-state index < -0.39 is 66.2 Å². The maximum atomic E-state index is 9.72. The lowest BCUT2D eigenvalue weighted by molar-refractivity contribution is -0.152. The van der Waals surface area contributed by atoms with Gasteiger partial charge in [-0.15, -0.1) is 0 Å². The molecule has 0 amide bonds. The van der Waals surface area contributed by atoms with Gasteiger partial charge in [0.2, 0.25) is 5.78 Å². The highest BCUT2D eigenvalue weighted by Gasteiger charge is 2.16. The largest absolute Gasteiger partial charge is 0.483 e. The summed E-state index contributed by atoms with van der Waals surface area (Å²) in [5, 5.41) is 85.2. The third-order valence-electron chi connectivity index (χ3n) is 1.86. The smallest absolute Gasteiger partial charge is 0.371 e. The zero-order valence-electron chi connectivity index (χ0n) is 21.2. The fourth-order valence-electron chi connectivity index (χ4n) is 0.467. The van der Waals surface area contributed by atoms with E-state index in [1.54, 1.807) is 6.92 Å². The maximum Gasteiger partial charge on any atom is 0.371 e. The third kappa shape index (κ3) is 123. The fraction of sp³-hybridized carbons (Fsp3) is 0.526. The number of carbonyl (C=O) groups is 9. The molecule has 20 nitrogen and oxygen atoms in total. The van der Waals surface area contributed by atoms with Gasteiger partial charge in [0, 0.05) is 20.5 Å². The first-order valence-corrected chi connectivity index (χ1v) is 9.61. The van der Waals surface area contributed by atoms with Crippen molar-refractivity contribution in [2.24, 2.45) is 0 Å². The van der Waals surface area contributed by atoms with Crippen molar-refractivity contribution in [3.8, 4) is 0 Å². The molecule has 0 aliphatic heterocycles. The van der Waals surface area contributed by atoms with Crippen LogP contribution in [0.2, 0.25) is 0 Å². The molecule has 0 aliphatic rings. The van der Waals surface area contributed by atoms with Gasteiger partial charge in [-0.25, -0.2) is 14.4 Å². The van der Waals surface area contributed by atoms with Crippen LogP contribution in [0.25, 0.3) is 0 Å². The van der Waals surface area contributed by atoms with Crippen molar-refractivity contribution in [1.29, 1.82) is 0 Å². The summed E-state index contributed by atoms with van der Waals surface area (Å²) in [6.45, 7) is 4.96. The summed E-state index contributed by atoms with van der Waals surface area (Å²) in [5.74, 6) is -9.22. The van der Waals surface area contributed by atoms with E-state index in [0.717, 1.165) is 13.8 Å². The summed E-state index contributed by atoms with van der Waals surface area (Å²) in [6.07, 6.45) is -4.37. The van der Waals surface area contributed by atoms with Gasteiger partial charge in [0.1, 0.15) is 6.10 Å². The number of aliphatic hydroxyl groups is 3. The molecule has 0 spiro atoms. The number of rotatable bonds is 8. The quantitative estimate of drug-likeness (QED) is 0.106. The van der Waals surface area contributed by atoms with Crippen molar-refractivity contribution in [1.82, 2.24) is 0 Å². The van der Waals surface area contributed by atoms with Gasteiger partial charge in [0.25, 0.3) is 12.4 Å². The van der Waals surface area contributed by atoms with Crippen molar-refractivity contribution < 1.29 is 99.3 Å². The Balaban J connectivity index is -0.0000000635. The summed E-state index contributed by atoms with van der Waals surface area (Å²) in [7, 11) is 0. The zero-order chi connectivity index (χ0) is 33.3. The Bertz CT molecular complexity index is 697. The second-order valence-electron chi connectivity index (χ2n) is 5.56. The maximum absolute atomic E-state index is 9.72. The van der Waals surface area contributed by atoms with Gasteiger partial charge < -0.3 is 56.2 Å².